The van der Waals surface area contributed by atoms with Gasteiger partial charge in [0, 0.05) is 3.57 Å². The lowest BCUT2D eigenvalue weighted by molar-refractivity contribution is 0.0729. The molecule has 0 aliphatic carbocycles. The van der Waals surface area contributed by atoms with Crippen LogP contribution in [-0.2, 0) is 0 Å². The Morgan fingerprint density at radius 2 is 1.89 bits per heavy atom. The van der Waals surface area contributed by atoms with E-state index in [-0.39, 0.29) is 5.97 Å². The van der Waals surface area contributed by atoms with Crippen molar-refractivity contribution in [3.8, 4) is 11.5 Å². The van der Waals surface area contributed by atoms with Crippen LogP contribution < -0.4 is 9.47 Å². The van der Waals surface area contributed by atoms with Crippen LogP contribution in [0.3, 0.4) is 0 Å². The van der Waals surface area contributed by atoms with Crippen LogP contribution in [0.2, 0.25) is 0 Å². The highest BCUT2D eigenvalue weighted by Gasteiger charge is 2.12. The van der Waals surface area contributed by atoms with Crippen molar-refractivity contribution in [2.24, 2.45) is 0 Å². The van der Waals surface area contributed by atoms with Gasteiger partial charge in [0.05, 0.1) is 12.7 Å². The summed E-state index contributed by atoms with van der Waals surface area (Å²) in [5.41, 5.74) is 1.57. The predicted octanol–water partition coefficient (Wildman–Crippen LogP) is 3.83. The fourth-order valence-corrected chi connectivity index (χ4v) is 2.18. The van der Waals surface area contributed by atoms with E-state index in [1.54, 1.807) is 25.3 Å². The molecule has 98 valence electrons. The standard InChI is InChI=1S/C15H13IO3/c1-10-6-7-13(14(8-10)18-2)19-15(17)11-4-3-5-12(16)9-11/h3-9H,1-2H3. The summed E-state index contributed by atoms with van der Waals surface area (Å²) in [5, 5.41) is 0. The number of rotatable bonds is 3. The molecule has 0 amide bonds. The van der Waals surface area contributed by atoms with Crippen LogP contribution in [-0.4, -0.2) is 13.1 Å². The van der Waals surface area contributed by atoms with Crippen molar-refractivity contribution in [1.82, 2.24) is 0 Å². The second-order valence-electron chi connectivity index (χ2n) is 4.05. The van der Waals surface area contributed by atoms with Gasteiger partial charge in [0.25, 0.3) is 0 Å². The Hall–Kier alpha value is -1.56. The Bertz CT molecular complexity index is 608. The smallest absolute Gasteiger partial charge is 0.343 e. The molecule has 0 spiro atoms. The summed E-state index contributed by atoms with van der Waals surface area (Å²) in [5.74, 6) is 0.594. The van der Waals surface area contributed by atoms with E-state index in [9.17, 15) is 4.79 Å². The van der Waals surface area contributed by atoms with Crippen molar-refractivity contribution >= 4 is 28.6 Å². The van der Waals surface area contributed by atoms with Gasteiger partial charge in [-0.05, 0) is 65.4 Å². The number of halogens is 1. The summed E-state index contributed by atoms with van der Waals surface area (Å²) < 4.78 is 11.6. The molecule has 0 aliphatic heterocycles. The van der Waals surface area contributed by atoms with Crippen molar-refractivity contribution in [1.29, 1.82) is 0 Å². The number of ether oxygens (including phenoxy) is 2. The van der Waals surface area contributed by atoms with E-state index in [2.05, 4.69) is 22.6 Å². The maximum Gasteiger partial charge on any atom is 0.343 e. The third-order valence-corrected chi connectivity index (χ3v) is 3.25. The number of carbonyl (C=O) groups excluding carboxylic acids is 1. The fourth-order valence-electron chi connectivity index (χ4n) is 1.63. The van der Waals surface area contributed by atoms with Gasteiger partial charge in [-0.2, -0.15) is 0 Å². The summed E-state index contributed by atoms with van der Waals surface area (Å²) in [4.78, 5) is 12.0. The number of aryl methyl sites for hydroxylation is 1. The van der Waals surface area contributed by atoms with Gasteiger partial charge in [-0.1, -0.05) is 12.1 Å². The van der Waals surface area contributed by atoms with E-state index in [0.717, 1.165) is 9.13 Å². The Balaban J connectivity index is 2.24. The van der Waals surface area contributed by atoms with Gasteiger partial charge in [0.1, 0.15) is 0 Å². The molecule has 0 unspecified atom stereocenters. The molecule has 3 nitrogen and oxygen atoms in total. The number of carbonyl (C=O) groups is 1. The van der Waals surface area contributed by atoms with Gasteiger partial charge in [-0.15, -0.1) is 0 Å². The molecule has 4 heteroatoms. The highest BCUT2D eigenvalue weighted by Crippen LogP contribution is 2.28. The second-order valence-corrected chi connectivity index (χ2v) is 5.30. The largest absolute Gasteiger partial charge is 0.493 e. The molecular weight excluding hydrogens is 355 g/mol. The topological polar surface area (TPSA) is 35.5 Å². The molecule has 0 aliphatic rings. The molecule has 0 fully saturated rings. The minimum atomic E-state index is -0.388. The Morgan fingerprint density at radius 1 is 1.11 bits per heavy atom. The number of methoxy groups -OCH3 is 1. The Labute approximate surface area is 125 Å². The Kier molecular flexibility index (Phi) is 4.42. The number of esters is 1. The second kappa shape index (κ2) is 6.06. The zero-order chi connectivity index (χ0) is 13.8. The summed E-state index contributed by atoms with van der Waals surface area (Å²) in [7, 11) is 1.55. The third kappa shape index (κ3) is 3.47. The van der Waals surface area contributed by atoms with Crippen LogP contribution in [0.15, 0.2) is 42.5 Å². The first-order valence-corrected chi connectivity index (χ1v) is 6.80. The van der Waals surface area contributed by atoms with Crippen molar-refractivity contribution in [2.45, 2.75) is 6.92 Å². The van der Waals surface area contributed by atoms with Crippen LogP contribution in [0, 0.1) is 10.5 Å². The van der Waals surface area contributed by atoms with Gasteiger partial charge in [-0.25, -0.2) is 4.79 Å². The number of hydrogen-bond acceptors (Lipinski definition) is 3. The van der Waals surface area contributed by atoms with E-state index in [0.29, 0.717) is 17.1 Å². The maximum absolute atomic E-state index is 12.0. The van der Waals surface area contributed by atoms with Crippen LogP contribution in [0.1, 0.15) is 15.9 Å². The molecule has 0 N–H and O–H groups in total. The molecule has 0 saturated heterocycles. The summed E-state index contributed by atoms with van der Waals surface area (Å²) in [6.07, 6.45) is 0. The summed E-state index contributed by atoms with van der Waals surface area (Å²) in [6, 6.07) is 12.7. The van der Waals surface area contributed by atoms with Crippen molar-refractivity contribution in [3.63, 3.8) is 0 Å². The molecule has 0 aromatic heterocycles. The zero-order valence-electron chi connectivity index (χ0n) is 10.6. The van der Waals surface area contributed by atoms with Crippen LogP contribution >= 0.6 is 22.6 Å². The average Bonchev–Trinajstić information content (AvgIpc) is 2.40. The first-order chi connectivity index (χ1) is 9.10. The molecular formula is C15H13IO3. The van der Waals surface area contributed by atoms with Gasteiger partial charge in [0.2, 0.25) is 0 Å². The van der Waals surface area contributed by atoms with E-state index < -0.39 is 0 Å². The van der Waals surface area contributed by atoms with E-state index >= 15 is 0 Å². The Morgan fingerprint density at radius 3 is 2.58 bits per heavy atom. The molecule has 0 bridgehead atoms. The fraction of sp³-hybridized carbons (Fsp3) is 0.133. The monoisotopic (exact) mass is 368 g/mol. The molecule has 2 rings (SSSR count). The van der Waals surface area contributed by atoms with Crippen LogP contribution in [0.5, 0.6) is 11.5 Å². The van der Waals surface area contributed by atoms with E-state index in [4.69, 9.17) is 9.47 Å². The molecule has 0 saturated carbocycles. The summed E-state index contributed by atoms with van der Waals surface area (Å²) in [6.45, 7) is 1.95. The average molecular weight is 368 g/mol. The molecule has 19 heavy (non-hydrogen) atoms. The lowest BCUT2D eigenvalue weighted by Crippen LogP contribution is -2.09. The van der Waals surface area contributed by atoms with Crippen LogP contribution in [0.4, 0.5) is 0 Å². The first-order valence-electron chi connectivity index (χ1n) is 5.72. The molecule has 2 aromatic carbocycles. The van der Waals surface area contributed by atoms with Gasteiger partial charge >= 0.3 is 5.97 Å². The lowest BCUT2D eigenvalue weighted by Gasteiger charge is -2.10. The highest BCUT2D eigenvalue weighted by atomic mass is 127. The predicted molar refractivity (Wildman–Crippen MR) is 81.8 cm³/mol. The van der Waals surface area contributed by atoms with Crippen molar-refractivity contribution in [2.75, 3.05) is 7.11 Å². The quantitative estimate of drug-likeness (QED) is 0.469. The van der Waals surface area contributed by atoms with Crippen molar-refractivity contribution < 1.29 is 14.3 Å². The number of benzene rings is 2. The van der Waals surface area contributed by atoms with E-state index in [1.807, 2.05) is 31.2 Å². The molecule has 0 radical (unpaired) electrons. The molecule has 2 aromatic rings. The van der Waals surface area contributed by atoms with E-state index in [1.165, 1.54) is 0 Å². The molecule has 0 atom stereocenters. The highest BCUT2D eigenvalue weighted by molar-refractivity contribution is 14.1. The normalized spacial score (nSPS) is 10.1. The zero-order valence-corrected chi connectivity index (χ0v) is 12.8. The van der Waals surface area contributed by atoms with Crippen molar-refractivity contribution in [3.05, 3.63) is 57.2 Å². The third-order valence-electron chi connectivity index (χ3n) is 2.58. The lowest BCUT2D eigenvalue weighted by atomic mass is 10.2. The first kappa shape index (κ1) is 13.9. The maximum atomic E-state index is 12.0. The minimum Gasteiger partial charge on any atom is -0.493 e. The molecule has 0 heterocycles. The minimum absolute atomic E-state index is 0.388. The van der Waals surface area contributed by atoms with Gasteiger partial charge in [0.15, 0.2) is 11.5 Å². The van der Waals surface area contributed by atoms with Crippen LogP contribution in [0.25, 0.3) is 0 Å². The SMILES string of the molecule is COc1cc(C)ccc1OC(=O)c1cccc(I)c1. The van der Waals surface area contributed by atoms with Gasteiger partial charge in [-0.3, -0.25) is 0 Å². The number of hydrogen-bond donors (Lipinski definition) is 0. The summed E-state index contributed by atoms with van der Waals surface area (Å²) >= 11 is 2.16. The van der Waals surface area contributed by atoms with Gasteiger partial charge < -0.3 is 9.47 Å².